The maximum absolute atomic E-state index is 5.60. The number of ether oxygens (including phenoxy) is 1. The van der Waals surface area contributed by atoms with E-state index in [1.807, 2.05) is 6.08 Å². The van der Waals surface area contributed by atoms with E-state index in [0.29, 0.717) is 12.6 Å². The van der Waals surface area contributed by atoms with Crippen molar-refractivity contribution in [3.63, 3.8) is 0 Å². The van der Waals surface area contributed by atoms with Gasteiger partial charge in [-0.2, -0.15) is 0 Å². The fourth-order valence-electron chi connectivity index (χ4n) is 2.25. The number of aliphatic imine (C=N–C) groups is 1. The first-order valence-electron chi connectivity index (χ1n) is 6.04. The summed E-state index contributed by atoms with van der Waals surface area (Å²) in [6.07, 6.45) is 2.81. The van der Waals surface area contributed by atoms with Gasteiger partial charge in [0.1, 0.15) is 0 Å². The van der Waals surface area contributed by atoms with Crippen LogP contribution in [0.15, 0.2) is 17.6 Å². The average molecular weight is 367 g/mol. The van der Waals surface area contributed by atoms with Crippen LogP contribution in [0.5, 0.6) is 0 Å². The molecule has 1 saturated carbocycles. The van der Waals surface area contributed by atoms with Crippen molar-refractivity contribution in [3.05, 3.63) is 12.7 Å². The molecule has 0 saturated heterocycles. The van der Waals surface area contributed by atoms with E-state index in [4.69, 9.17) is 4.74 Å². The Morgan fingerprint density at radius 2 is 2.11 bits per heavy atom. The molecule has 2 atom stereocenters. The lowest BCUT2D eigenvalue weighted by molar-refractivity contribution is -0.176. The summed E-state index contributed by atoms with van der Waals surface area (Å²) in [6, 6.07) is 0.378. The van der Waals surface area contributed by atoms with E-state index in [0.717, 1.165) is 12.4 Å². The summed E-state index contributed by atoms with van der Waals surface area (Å²) in [5.41, 5.74) is 0.0372. The minimum Gasteiger partial charge on any atom is -0.378 e. The van der Waals surface area contributed by atoms with Gasteiger partial charge in [0.25, 0.3) is 0 Å². The van der Waals surface area contributed by atoms with E-state index in [9.17, 15) is 0 Å². The van der Waals surface area contributed by atoms with E-state index in [-0.39, 0.29) is 35.0 Å². The van der Waals surface area contributed by atoms with Gasteiger partial charge in [0.2, 0.25) is 0 Å². The van der Waals surface area contributed by atoms with Gasteiger partial charge in [-0.1, -0.05) is 19.9 Å². The van der Waals surface area contributed by atoms with Crippen molar-refractivity contribution in [1.82, 2.24) is 10.6 Å². The van der Waals surface area contributed by atoms with Gasteiger partial charge >= 0.3 is 0 Å². The number of halogens is 1. The van der Waals surface area contributed by atoms with Crippen LogP contribution in [-0.4, -0.2) is 38.3 Å². The normalized spacial score (nSPS) is 29.8. The average Bonchev–Trinajstić information content (AvgIpc) is 2.32. The van der Waals surface area contributed by atoms with Crippen LogP contribution in [0.3, 0.4) is 0 Å². The minimum atomic E-state index is -0.0536. The van der Waals surface area contributed by atoms with Gasteiger partial charge in [0.15, 0.2) is 5.96 Å². The second-order valence-corrected chi connectivity index (χ2v) is 5.30. The Balaban J connectivity index is 0.00000289. The van der Waals surface area contributed by atoms with Crippen LogP contribution in [0.25, 0.3) is 0 Å². The molecule has 0 aromatic carbocycles. The van der Waals surface area contributed by atoms with E-state index >= 15 is 0 Å². The minimum absolute atomic E-state index is 0. The molecule has 0 radical (unpaired) electrons. The molecule has 1 fully saturated rings. The van der Waals surface area contributed by atoms with Crippen LogP contribution in [0.2, 0.25) is 0 Å². The molecule has 2 N–H and O–H groups in total. The molecule has 18 heavy (non-hydrogen) atoms. The van der Waals surface area contributed by atoms with E-state index in [1.54, 1.807) is 14.2 Å². The Morgan fingerprint density at radius 3 is 2.50 bits per heavy atom. The van der Waals surface area contributed by atoms with Crippen molar-refractivity contribution in [2.24, 2.45) is 10.4 Å². The lowest BCUT2D eigenvalue weighted by atomic mass is 9.56. The Hall–Kier alpha value is -0.300. The van der Waals surface area contributed by atoms with E-state index < -0.39 is 0 Å². The molecule has 0 amide bonds. The summed E-state index contributed by atoms with van der Waals surface area (Å²) in [5, 5.41) is 6.61. The summed E-state index contributed by atoms with van der Waals surface area (Å²) in [7, 11) is 3.56. The first-order chi connectivity index (χ1) is 7.91. The summed E-state index contributed by atoms with van der Waals surface area (Å²) in [4.78, 5) is 4.19. The molecule has 0 aromatic heterocycles. The van der Waals surface area contributed by atoms with Crippen LogP contribution in [0.4, 0.5) is 0 Å². The lowest BCUT2D eigenvalue weighted by Gasteiger charge is -2.59. The van der Waals surface area contributed by atoms with Gasteiger partial charge in [-0.25, -0.2) is 0 Å². The van der Waals surface area contributed by atoms with Crippen LogP contribution < -0.4 is 10.6 Å². The zero-order valence-corrected chi connectivity index (χ0v) is 14.4. The molecule has 1 rings (SSSR count). The smallest absolute Gasteiger partial charge is 0.191 e. The summed E-state index contributed by atoms with van der Waals surface area (Å²) < 4.78 is 5.60. The van der Waals surface area contributed by atoms with Gasteiger partial charge in [-0.15, -0.1) is 30.6 Å². The van der Waals surface area contributed by atoms with Crippen LogP contribution in [0, 0.1) is 5.41 Å². The topological polar surface area (TPSA) is 45.7 Å². The van der Waals surface area contributed by atoms with Crippen molar-refractivity contribution < 1.29 is 4.74 Å². The first kappa shape index (κ1) is 17.7. The van der Waals surface area contributed by atoms with Gasteiger partial charge in [-0.05, 0) is 13.3 Å². The number of nitrogens with zero attached hydrogens (tertiary/aromatic N) is 1. The van der Waals surface area contributed by atoms with Crippen molar-refractivity contribution in [3.8, 4) is 0 Å². The van der Waals surface area contributed by atoms with Gasteiger partial charge in [0.05, 0.1) is 5.60 Å². The molecule has 0 aromatic rings. The van der Waals surface area contributed by atoms with Crippen molar-refractivity contribution >= 4 is 29.9 Å². The zero-order chi connectivity index (χ0) is 13.1. The van der Waals surface area contributed by atoms with Gasteiger partial charge < -0.3 is 15.4 Å². The molecule has 2 unspecified atom stereocenters. The van der Waals surface area contributed by atoms with Crippen LogP contribution >= 0.6 is 24.0 Å². The third-order valence-corrected chi connectivity index (χ3v) is 4.23. The predicted molar refractivity (Wildman–Crippen MR) is 87.7 cm³/mol. The highest BCUT2D eigenvalue weighted by molar-refractivity contribution is 14.0. The second kappa shape index (κ2) is 6.75. The third kappa shape index (κ3) is 3.17. The first-order valence-corrected chi connectivity index (χ1v) is 6.04. The summed E-state index contributed by atoms with van der Waals surface area (Å²) >= 11 is 0. The number of rotatable bonds is 4. The van der Waals surface area contributed by atoms with Crippen molar-refractivity contribution in [1.29, 1.82) is 0 Å². The van der Waals surface area contributed by atoms with Crippen molar-refractivity contribution in [2.75, 3.05) is 20.7 Å². The molecular weight excluding hydrogens is 341 g/mol. The maximum atomic E-state index is 5.60. The highest BCUT2D eigenvalue weighted by Gasteiger charge is 2.57. The zero-order valence-electron chi connectivity index (χ0n) is 12.0. The van der Waals surface area contributed by atoms with Gasteiger partial charge in [0, 0.05) is 32.2 Å². The highest BCUT2D eigenvalue weighted by Crippen LogP contribution is 2.51. The second-order valence-electron chi connectivity index (χ2n) is 5.30. The molecule has 106 valence electrons. The Morgan fingerprint density at radius 1 is 1.50 bits per heavy atom. The lowest BCUT2D eigenvalue weighted by Crippen LogP contribution is -2.69. The van der Waals surface area contributed by atoms with Crippen molar-refractivity contribution in [2.45, 2.75) is 38.8 Å². The number of methoxy groups -OCH3 is 1. The molecule has 1 aliphatic rings. The van der Waals surface area contributed by atoms with Gasteiger partial charge in [-0.3, -0.25) is 4.99 Å². The number of guanidine groups is 1. The molecule has 4 nitrogen and oxygen atoms in total. The fourth-order valence-corrected chi connectivity index (χ4v) is 2.25. The molecule has 5 heteroatoms. The predicted octanol–water partition coefficient (Wildman–Crippen LogP) is 2.16. The Kier molecular flexibility index (Phi) is 6.63. The molecule has 0 bridgehead atoms. The number of hydrogen-bond acceptors (Lipinski definition) is 2. The molecule has 0 heterocycles. The number of nitrogens with one attached hydrogen (secondary N) is 2. The van der Waals surface area contributed by atoms with Crippen LogP contribution in [-0.2, 0) is 4.74 Å². The largest absolute Gasteiger partial charge is 0.378 e. The summed E-state index contributed by atoms with van der Waals surface area (Å²) in [6.45, 7) is 11.0. The Bertz CT molecular complexity index is 317. The SMILES string of the molecule is C=CCNC(=NC)NC1CC(C)(OC)C1(C)C.I. The molecule has 0 spiro atoms. The molecular formula is C13H26IN3O. The number of hydrogen-bond donors (Lipinski definition) is 2. The van der Waals surface area contributed by atoms with E-state index in [2.05, 4.69) is 43.0 Å². The van der Waals surface area contributed by atoms with E-state index in [1.165, 1.54) is 0 Å². The maximum Gasteiger partial charge on any atom is 0.191 e. The quantitative estimate of drug-likeness (QED) is 0.347. The monoisotopic (exact) mass is 367 g/mol. The Labute approximate surface area is 128 Å². The fraction of sp³-hybridized carbons (Fsp3) is 0.769. The van der Waals surface area contributed by atoms with Crippen LogP contribution in [0.1, 0.15) is 27.2 Å². The standard InChI is InChI=1S/C13H25N3O.HI/c1-7-8-15-11(14-5)16-10-9-13(4,17-6)12(10,2)3;/h7,10H,1,8-9H2,2-6H3,(H2,14,15,16);1H. The molecule has 1 aliphatic carbocycles. The molecule has 0 aliphatic heterocycles. The summed E-state index contributed by atoms with van der Waals surface area (Å²) in [5.74, 6) is 0.820. The third-order valence-electron chi connectivity index (χ3n) is 4.23. The highest BCUT2D eigenvalue weighted by atomic mass is 127.